The minimum atomic E-state index is -0.607. The third kappa shape index (κ3) is 5.07. The SMILES string of the molecule is Cc1oc2ccc(OCc3ccccc3)cc2c1C(=O)Oc1ccc2c(c1)O/C(=C\c1ccc(Cl)cc1Cl)C2=O. The van der Waals surface area contributed by atoms with Crippen molar-refractivity contribution in [1.82, 2.24) is 0 Å². The first-order valence-corrected chi connectivity index (χ1v) is 13.1. The molecule has 0 unspecified atom stereocenters. The molecule has 0 radical (unpaired) electrons. The number of aryl methyl sites for hydroxylation is 1. The zero-order valence-corrected chi connectivity index (χ0v) is 22.6. The van der Waals surface area contributed by atoms with E-state index in [0.717, 1.165) is 5.56 Å². The van der Waals surface area contributed by atoms with Crippen molar-refractivity contribution < 1.29 is 28.2 Å². The van der Waals surface area contributed by atoms with Gasteiger partial charge in [-0.15, -0.1) is 0 Å². The van der Waals surface area contributed by atoms with Gasteiger partial charge in [0.25, 0.3) is 0 Å². The lowest BCUT2D eigenvalue weighted by molar-refractivity contribution is 0.0734. The van der Waals surface area contributed by atoms with Gasteiger partial charge in [-0.25, -0.2) is 4.79 Å². The van der Waals surface area contributed by atoms with Crippen LogP contribution >= 0.6 is 23.2 Å². The van der Waals surface area contributed by atoms with Gasteiger partial charge < -0.3 is 18.6 Å². The molecule has 0 saturated carbocycles. The van der Waals surface area contributed by atoms with E-state index in [1.54, 1.807) is 61.5 Å². The Kier molecular flexibility index (Phi) is 6.80. The van der Waals surface area contributed by atoms with E-state index in [2.05, 4.69) is 0 Å². The molecule has 0 N–H and O–H groups in total. The summed E-state index contributed by atoms with van der Waals surface area (Å²) in [6, 6.07) is 24.6. The second-order valence-corrected chi connectivity index (χ2v) is 9.96. The molecule has 0 amide bonds. The molecular formula is C32H20Cl2O6. The average Bonchev–Trinajstić information content (AvgIpc) is 3.44. The Hall–Kier alpha value is -4.52. The van der Waals surface area contributed by atoms with Gasteiger partial charge in [0.1, 0.15) is 40.8 Å². The molecule has 4 aromatic carbocycles. The number of halogens is 2. The Balaban J connectivity index is 1.22. The van der Waals surface area contributed by atoms with Gasteiger partial charge in [-0.1, -0.05) is 59.6 Å². The van der Waals surface area contributed by atoms with E-state index in [4.69, 9.17) is 41.8 Å². The Morgan fingerprint density at radius 1 is 0.925 bits per heavy atom. The highest BCUT2D eigenvalue weighted by molar-refractivity contribution is 6.35. The Morgan fingerprint density at radius 3 is 2.52 bits per heavy atom. The number of esters is 1. The van der Waals surface area contributed by atoms with Crippen LogP contribution in [0.5, 0.6) is 17.2 Å². The van der Waals surface area contributed by atoms with Crippen molar-refractivity contribution >= 4 is 52.0 Å². The highest BCUT2D eigenvalue weighted by atomic mass is 35.5. The fourth-order valence-electron chi connectivity index (χ4n) is 4.43. The van der Waals surface area contributed by atoms with E-state index in [1.165, 1.54) is 6.07 Å². The maximum atomic E-state index is 13.3. The third-order valence-electron chi connectivity index (χ3n) is 6.39. The van der Waals surface area contributed by atoms with Gasteiger partial charge in [0.15, 0.2) is 5.76 Å². The number of allylic oxidation sites excluding steroid dienone is 1. The number of furan rings is 1. The molecular weight excluding hydrogens is 551 g/mol. The van der Waals surface area contributed by atoms with Crippen LogP contribution in [0.4, 0.5) is 0 Å². The third-order valence-corrected chi connectivity index (χ3v) is 6.95. The monoisotopic (exact) mass is 570 g/mol. The number of hydrogen-bond acceptors (Lipinski definition) is 6. The van der Waals surface area contributed by atoms with Gasteiger partial charge in [0, 0.05) is 21.5 Å². The summed E-state index contributed by atoms with van der Waals surface area (Å²) < 4.78 is 23.2. The van der Waals surface area contributed by atoms with Crippen LogP contribution in [0.3, 0.4) is 0 Å². The summed E-state index contributed by atoms with van der Waals surface area (Å²) >= 11 is 12.2. The van der Waals surface area contributed by atoms with E-state index in [9.17, 15) is 9.59 Å². The van der Waals surface area contributed by atoms with Crippen LogP contribution in [0.15, 0.2) is 95.1 Å². The number of ketones is 1. The fraction of sp³-hybridized carbons (Fsp3) is 0.0625. The summed E-state index contributed by atoms with van der Waals surface area (Å²) in [5.41, 5.74) is 2.78. The second kappa shape index (κ2) is 10.6. The van der Waals surface area contributed by atoms with Gasteiger partial charge in [-0.3, -0.25) is 4.79 Å². The molecule has 0 saturated heterocycles. The lowest BCUT2D eigenvalue weighted by atomic mass is 10.1. The van der Waals surface area contributed by atoms with Gasteiger partial charge in [0.05, 0.1) is 5.56 Å². The molecule has 198 valence electrons. The molecule has 6 nitrogen and oxygen atoms in total. The van der Waals surface area contributed by atoms with E-state index in [-0.39, 0.29) is 28.6 Å². The molecule has 1 aliphatic rings. The molecule has 0 atom stereocenters. The summed E-state index contributed by atoms with van der Waals surface area (Å²) in [5, 5.41) is 1.45. The predicted octanol–water partition coefficient (Wildman–Crippen LogP) is 8.46. The summed E-state index contributed by atoms with van der Waals surface area (Å²) in [4.78, 5) is 26.1. The molecule has 6 rings (SSSR count). The minimum Gasteiger partial charge on any atom is -0.489 e. The molecule has 1 aliphatic heterocycles. The lowest BCUT2D eigenvalue weighted by Crippen LogP contribution is -2.09. The number of fused-ring (bicyclic) bond motifs is 2. The van der Waals surface area contributed by atoms with Crippen LogP contribution in [0.1, 0.15) is 37.6 Å². The molecule has 0 fully saturated rings. The highest BCUT2D eigenvalue weighted by Crippen LogP contribution is 2.37. The summed E-state index contributed by atoms with van der Waals surface area (Å²) in [5.74, 6) is 0.684. The van der Waals surface area contributed by atoms with Crippen LogP contribution < -0.4 is 14.2 Å². The first kappa shape index (κ1) is 25.7. The molecule has 2 heterocycles. The van der Waals surface area contributed by atoms with Crippen molar-refractivity contribution in [3.05, 3.63) is 129 Å². The van der Waals surface area contributed by atoms with Gasteiger partial charge in [0.2, 0.25) is 5.78 Å². The van der Waals surface area contributed by atoms with Gasteiger partial charge >= 0.3 is 5.97 Å². The van der Waals surface area contributed by atoms with E-state index >= 15 is 0 Å². The Labute approximate surface area is 239 Å². The number of hydrogen-bond donors (Lipinski definition) is 0. The van der Waals surface area contributed by atoms with E-state index in [1.807, 2.05) is 30.3 Å². The number of ether oxygens (including phenoxy) is 3. The summed E-state index contributed by atoms with van der Waals surface area (Å²) in [6.45, 7) is 2.09. The van der Waals surface area contributed by atoms with Crippen molar-refractivity contribution in [2.75, 3.05) is 0 Å². The highest BCUT2D eigenvalue weighted by Gasteiger charge is 2.29. The van der Waals surface area contributed by atoms with E-state index in [0.29, 0.717) is 50.3 Å². The van der Waals surface area contributed by atoms with Crippen molar-refractivity contribution in [2.45, 2.75) is 13.5 Å². The van der Waals surface area contributed by atoms with Crippen LogP contribution in [0.2, 0.25) is 10.0 Å². The van der Waals surface area contributed by atoms with Crippen LogP contribution in [-0.2, 0) is 6.61 Å². The first-order valence-electron chi connectivity index (χ1n) is 12.3. The molecule has 0 bridgehead atoms. The number of benzene rings is 4. The standard InChI is InChI=1S/C32H20Cl2O6/c1-18-30(25-15-22(10-12-27(25)38-18)37-17-19-5-3-2-4-6-19)32(36)39-23-9-11-24-28(16-23)40-29(31(24)35)13-20-7-8-21(33)14-26(20)34/h2-16H,17H2,1H3/b29-13-. The van der Waals surface area contributed by atoms with Crippen LogP contribution in [-0.4, -0.2) is 11.8 Å². The molecule has 0 aliphatic carbocycles. The largest absolute Gasteiger partial charge is 0.489 e. The number of rotatable bonds is 6. The zero-order chi connectivity index (χ0) is 27.8. The summed E-state index contributed by atoms with van der Waals surface area (Å²) in [7, 11) is 0. The second-order valence-electron chi connectivity index (χ2n) is 9.12. The quantitative estimate of drug-likeness (QED) is 0.116. The number of carbonyl (C=O) groups excluding carboxylic acids is 2. The van der Waals surface area contributed by atoms with Crippen molar-refractivity contribution in [1.29, 1.82) is 0 Å². The van der Waals surface area contributed by atoms with Crippen LogP contribution in [0, 0.1) is 6.92 Å². The van der Waals surface area contributed by atoms with Crippen LogP contribution in [0.25, 0.3) is 17.0 Å². The number of Topliss-reactive ketones (excluding diaryl/α,β-unsaturated/α-hetero) is 1. The Bertz CT molecular complexity index is 1820. The lowest BCUT2D eigenvalue weighted by Gasteiger charge is -2.07. The average molecular weight is 571 g/mol. The molecule has 40 heavy (non-hydrogen) atoms. The minimum absolute atomic E-state index is 0.0994. The van der Waals surface area contributed by atoms with Crippen molar-refractivity contribution in [3.63, 3.8) is 0 Å². The maximum Gasteiger partial charge on any atom is 0.347 e. The molecule has 5 aromatic rings. The molecule has 1 aromatic heterocycles. The normalized spacial score (nSPS) is 13.4. The Morgan fingerprint density at radius 2 is 1.73 bits per heavy atom. The first-order chi connectivity index (χ1) is 19.4. The van der Waals surface area contributed by atoms with Crippen molar-refractivity contribution in [2.24, 2.45) is 0 Å². The summed E-state index contributed by atoms with van der Waals surface area (Å²) in [6.07, 6.45) is 1.55. The molecule has 0 spiro atoms. The maximum absolute atomic E-state index is 13.3. The predicted molar refractivity (Wildman–Crippen MR) is 153 cm³/mol. The topological polar surface area (TPSA) is 75.0 Å². The molecule has 8 heteroatoms. The van der Waals surface area contributed by atoms with Gasteiger partial charge in [-0.05, 0) is 66.6 Å². The van der Waals surface area contributed by atoms with Crippen molar-refractivity contribution in [3.8, 4) is 17.2 Å². The number of carbonyl (C=O) groups is 2. The smallest absolute Gasteiger partial charge is 0.347 e. The van der Waals surface area contributed by atoms with E-state index < -0.39 is 5.97 Å². The fourth-order valence-corrected chi connectivity index (χ4v) is 4.90. The zero-order valence-electron chi connectivity index (χ0n) is 21.1. The van der Waals surface area contributed by atoms with Gasteiger partial charge in [-0.2, -0.15) is 0 Å².